The van der Waals surface area contributed by atoms with Gasteiger partial charge < -0.3 is 10.3 Å². The third kappa shape index (κ3) is 2.34. The summed E-state index contributed by atoms with van der Waals surface area (Å²) in [4.78, 5) is 3.14. The summed E-state index contributed by atoms with van der Waals surface area (Å²) in [5.41, 5.74) is 3.15. The summed E-state index contributed by atoms with van der Waals surface area (Å²) in [6.07, 6.45) is 1.90. The van der Waals surface area contributed by atoms with Crippen LogP contribution in [0, 0.1) is 17.1 Å². The van der Waals surface area contributed by atoms with E-state index in [0.29, 0.717) is 17.8 Å². The van der Waals surface area contributed by atoms with Gasteiger partial charge in [0.2, 0.25) is 0 Å². The number of hydrogen-bond donors (Lipinski definition) is 2. The molecule has 0 saturated carbocycles. The Bertz CT molecular complexity index is 799. The molecule has 0 aliphatic rings. The minimum absolute atomic E-state index is 0.313. The predicted octanol–water partition coefficient (Wildman–Crippen LogP) is 3.79. The smallest absolute Gasteiger partial charge is 0.124 e. The number of aromatic nitrogens is 1. The predicted molar refractivity (Wildman–Crippen MR) is 76.7 cm³/mol. The van der Waals surface area contributed by atoms with Crippen LogP contribution >= 0.6 is 0 Å². The number of nitrogens with one attached hydrogen (secondary N) is 2. The molecular weight excluding hydrogens is 253 g/mol. The van der Waals surface area contributed by atoms with E-state index in [4.69, 9.17) is 5.26 Å². The van der Waals surface area contributed by atoms with E-state index in [9.17, 15) is 4.39 Å². The highest BCUT2D eigenvalue weighted by Crippen LogP contribution is 2.19. The van der Waals surface area contributed by atoms with Gasteiger partial charge in [-0.05, 0) is 47.3 Å². The molecule has 4 heteroatoms. The van der Waals surface area contributed by atoms with E-state index in [0.717, 1.165) is 16.5 Å². The molecule has 0 bridgehead atoms. The van der Waals surface area contributed by atoms with Crippen LogP contribution in [0.2, 0.25) is 0 Å². The lowest BCUT2D eigenvalue weighted by atomic mass is 10.1. The average molecular weight is 265 g/mol. The van der Waals surface area contributed by atoms with Gasteiger partial charge >= 0.3 is 0 Å². The summed E-state index contributed by atoms with van der Waals surface area (Å²) >= 11 is 0. The highest BCUT2D eigenvalue weighted by atomic mass is 19.1. The Morgan fingerprint density at radius 2 is 2.05 bits per heavy atom. The highest BCUT2D eigenvalue weighted by Gasteiger charge is 2.04. The lowest BCUT2D eigenvalue weighted by Crippen LogP contribution is -2.01. The largest absolute Gasteiger partial charge is 0.380 e. The summed E-state index contributed by atoms with van der Waals surface area (Å²) in [6, 6.07) is 14.3. The van der Waals surface area contributed by atoms with Crippen LogP contribution in [0.25, 0.3) is 10.9 Å². The van der Waals surface area contributed by atoms with Crippen LogP contribution < -0.4 is 5.32 Å². The molecule has 3 nitrogen and oxygen atoms in total. The zero-order chi connectivity index (χ0) is 13.9. The molecule has 0 radical (unpaired) electrons. The fourth-order valence-corrected chi connectivity index (χ4v) is 2.17. The second-order valence-electron chi connectivity index (χ2n) is 4.55. The maximum absolute atomic E-state index is 13.1. The molecule has 1 heterocycles. The van der Waals surface area contributed by atoms with Gasteiger partial charge in [-0.1, -0.05) is 6.07 Å². The van der Waals surface area contributed by atoms with E-state index in [1.807, 2.05) is 30.5 Å². The van der Waals surface area contributed by atoms with Gasteiger partial charge in [0, 0.05) is 18.3 Å². The number of benzene rings is 2. The lowest BCUT2D eigenvalue weighted by molar-refractivity contribution is 0.627. The van der Waals surface area contributed by atoms with Crippen molar-refractivity contribution < 1.29 is 4.39 Å². The van der Waals surface area contributed by atoms with Gasteiger partial charge in [-0.3, -0.25) is 0 Å². The first-order valence-corrected chi connectivity index (χ1v) is 6.26. The zero-order valence-electron chi connectivity index (χ0n) is 10.7. The molecule has 0 aliphatic heterocycles. The van der Waals surface area contributed by atoms with Crippen molar-refractivity contribution in [3.05, 3.63) is 65.6 Å². The molecule has 0 fully saturated rings. The summed E-state index contributed by atoms with van der Waals surface area (Å²) in [5.74, 6) is -0.402. The molecule has 0 atom stereocenters. The van der Waals surface area contributed by atoms with Crippen LogP contribution in [0.4, 0.5) is 10.1 Å². The van der Waals surface area contributed by atoms with Gasteiger partial charge in [0.1, 0.15) is 11.9 Å². The number of anilines is 1. The van der Waals surface area contributed by atoms with E-state index in [1.165, 1.54) is 12.1 Å². The van der Waals surface area contributed by atoms with Crippen molar-refractivity contribution in [1.82, 2.24) is 4.98 Å². The van der Waals surface area contributed by atoms with E-state index < -0.39 is 5.82 Å². The zero-order valence-corrected chi connectivity index (χ0v) is 10.7. The number of nitriles is 1. The summed E-state index contributed by atoms with van der Waals surface area (Å²) in [7, 11) is 0. The number of nitrogens with zero attached hydrogens (tertiary/aromatic N) is 1. The van der Waals surface area contributed by atoms with Crippen LogP contribution in [-0.2, 0) is 6.54 Å². The topological polar surface area (TPSA) is 51.6 Å². The van der Waals surface area contributed by atoms with Crippen LogP contribution in [0.15, 0.2) is 48.7 Å². The summed E-state index contributed by atoms with van der Waals surface area (Å²) < 4.78 is 13.1. The van der Waals surface area contributed by atoms with Gasteiger partial charge in [-0.15, -0.1) is 0 Å². The standard InChI is InChI=1S/C16H12FN3/c17-14-2-4-16(13(8-14)9-18)20-10-11-1-3-15-12(7-11)5-6-19-15/h1-8,19-20H,10H2. The number of rotatable bonds is 3. The molecule has 3 aromatic rings. The maximum atomic E-state index is 13.1. The third-order valence-corrected chi connectivity index (χ3v) is 3.20. The van der Waals surface area contributed by atoms with Gasteiger partial charge in [0.25, 0.3) is 0 Å². The lowest BCUT2D eigenvalue weighted by Gasteiger charge is -2.08. The van der Waals surface area contributed by atoms with E-state index in [-0.39, 0.29) is 0 Å². The molecule has 0 aliphatic carbocycles. The number of halogens is 1. The Balaban J connectivity index is 1.80. The van der Waals surface area contributed by atoms with Gasteiger partial charge in [0.15, 0.2) is 0 Å². The number of aromatic amines is 1. The van der Waals surface area contributed by atoms with Crippen LogP contribution in [0.5, 0.6) is 0 Å². The Hall–Kier alpha value is -2.80. The first kappa shape index (κ1) is 12.2. The number of hydrogen-bond acceptors (Lipinski definition) is 2. The molecule has 0 spiro atoms. The number of fused-ring (bicyclic) bond motifs is 1. The molecule has 98 valence electrons. The summed E-state index contributed by atoms with van der Waals surface area (Å²) in [5, 5.41) is 13.3. The van der Waals surface area contributed by atoms with E-state index in [2.05, 4.69) is 16.4 Å². The molecule has 3 rings (SSSR count). The summed E-state index contributed by atoms with van der Waals surface area (Å²) in [6.45, 7) is 0.585. The SMILES string of the molecule is N#Cc1cc(F)ccc1NCc1ccc2[nH]ccc2c1. The minimum Gasteiger partial charge on any atom is -0.380 e. The van der Waals surface area contributed by atoms with Crippen molar-refractivity contribution in [2.75, 3.05) is 5.32 Å². The van der Waals surface area contributed by atoms with E-state index in [1.54, 1.807) is 6.07 Å². The molecular formula is C16H12FN3. The van der Waals surface area contributed by atoms with E-state index >= 15 is 0 Å². The second kappa shape index (κ2) is 5.06. The van der Waals surface area contributed by atoms with Crippen LogP contribution in [-0.4, -0.2) is 4.98 Å². The molecule has 0 amide bonds. The first-order valence-electron chi connectivity index (χ1n) is 6.26. The number of H-pyrrole nitrogens is 1. The normalized spacial score (nSPS) is 10.4. The Kier molecular flexibility index (Phi) is 3.10. The van der Waals surface area contributed by atoms with Gasteiger partial charge in [-0.2, -0.15) is 5.26 Å². The highest BCUT2D eigenvalue weighted by molar-refractivity contribution is 5.80. The molecule has 0 unspecified atom stereocenters. The van der Waals surface area contributed by atoms with Crippen molar-refractivity contribution in [2.45, 2.75) is 6.54 Å². The van der Waals surface area contributed by atoms with Crippen molar-refractivity contribution >= 4 is 16.6 Å². The van der Waals surface area contributed by atoms with Crippen molar-refractivity contribution in [1.29, 1.82) is 5.26 Å². The molecule has 20 heavy (non-hydrogen) atoms. The molecule has 1 aromatic heterocycles. The second-order valence-corrected chi connectivity index (χ2v) is 4.55. The van der Waals surface area contributed by atoms with Crippen molar-refractivity contribution in [3.8, 4) is 6.07 Å². The average Bonchev–Trinajstić information content (AvgIpc) is 2.93. The molecule has 0 saturated heterocycles. The Morgan fingerprint density at radius 3 is 2.90 bits per heavy atom. The minimum atomic E-state index is -0.402. The fourth-order valence-electron chi connectivity index (χ4n) is 2.17. The monoisotopic (exact) mass is 265 g/mol. The maximum Gasteiger partial charge on any atom is 0.124 e. The molecule has 2 N–H and O–H groups in total. The quantitative estimate of drug-likeness (QED) is 0.757. The Morgan fingerprint density at radius 1 is 1.15 bits per heavy atom. The van der Waals surface area contributed by atoms with Gasteiger partial charge in [-0.25, -0.2) is 4.39 Å². The van der Waals surface area contributed by atoms with Gasteiger partial charge in [0.05, 0.1) is 11.3 Å². The van der Waals surface area contributed by atoms with Crippen molar-refractivity contribution in [3.63, 3.8) is 0 Å². The Labute approximate surface area is 115 Å². The van der Waals surface area contributed by atoms with Crippen molar-refractivity contribution in [2.24, 2.45) is 0 Å². The first-order chi connectivity index (χ1) is 9.76. The molecule has 2 aromatic carbocycles. The third-order valence-electron chi connectivity index (χ3n) is 3.20. The fraction of sp³-hybridized carbons (Fsp3) is 0.0625. The van der Waals surface area contributed by atoms with Crippen LogP contribution in [0.3, 0.4) is 0 Å². The van der Waals surface area contributed by atoms with Crippen LogP contribution in [0.1, 0.15) is 11.1 Å².